The molecule has 1 unspecified atom stereocenters. The molecule has 0 bridgehead atoms. The number of aromatic nitrogens is 3. The average Bonchev–Trinajstić information content (AvgIpc) is 2.82. The van der Waals surface area contributed by atoms with Gasteiger partial charge in [-0.1, -0.05) is 13.0 Å². The molecule has 0 saturated carbocycles. The minimum absolute atomic E-state index is 0.129. The monoisotopic (exact) mass is 434 g/mol. The fourth-order valence-corrected chi connectivity index (χ4v) is 3.34. The maximum Gasteiger partial charge on any atom is 0.251 e. The zero-order chi connectivity index (χ0) is 23.1. The Kier molecular flexibility index (Phi) is 7.59. The van der Waals surface area contributed by atoms with Crippen molar-refractivity contribution in [2.45, 2.75) is 13.3 Å². The van der Waals surface area contributed by atoms with Crippen LogP contribution in [-0.2, 0) is 6.42 Å². The highest BCUT2D eigenvalue weighted by atomic mass is 16.5. The molecule has 168 valence electrons. The number of carbonyl (C=O) groups excluding carboxylic acids is 1. The van der Waals surface area contributed by atoms with E-state index in [0.29, 0.717) is 11.5 Å². The number of hydrogen-bond acceptors (Lipinski definition) is 7. The van der Waals surface area contributed by atoms with Gasteiger partial charge in [0.1, 0.15) is 23.7 Å². The van der Waals surface area contributed by atoms with Crippen molar-refractivity contribution in [1.29, 1.82) is 0 Å². The number of anilines is 2. The molecular formula is C24H30N6O2. The van der Waals surface area contributed by atoms with Crippen LogP contribution in [0.25, 0.3) is 11.3 Å². The number of carbonyl (C=O) groups is 1. The predicted molar refractivity (Wildman–Crippen MR) is 127 cm³/mol. The highest BCUT2D eigenvalue weighted by Gasteiger charge is 2.13. The van der Waals surface area contributed by atoms with Crippen LogP contribution in [-0.4, -0.2) is 55.7 Å². The molecule has 0 aliphatic rings. The van der Waals surface area contributed by atoms with Gasteiger partial charge < -0.3 is 20.3 Å². The van der Waals surface area contributed by atoms with Gasteiger partial charge in [-0.05, 0) is 42.2 Å². The number of nitrogens with one attached hydrogen (secondary N) is 2. The van der Waals surface area contributed by atoms with Crippen LogP contribution >= 0.6 is 0 Å². The van der Waals surface area contributed by atoms with Gasteiger partial charge in [0.05, 0.1) is 12.8 Å². The van der Waals surface area contributed by atoms with E-state index in [0.717, 1.165) is 47.2 Å². The van der Waals surface area contributed by atoms with Gasteiger partial charge in [-0.2, -0.15) is 0 Å². The number of benzene rings is 1. The standard InChI is InChI=1S/C24H30N6O2/c1-16(10-17-6-7-18(24(31)25-2)11-21(17)32-5)13-26-22-12-20(28-15-29-22)19-8-9-23(27-14-19)30(3)4/h6-9,11-12,14-16H,10,13H2,1-5H3,(H,25,31)(H,26,28,29). The van der Waals surface area contributed by atoms with Gasteiger partial charge >= 0.3 is 0 Å². The largest absolute Gasteiger partial charge is 0.496 e. The summed E-state index contributed by atoms with van der Waals surface area (Å²) < 4.78 is 5.50. The molecule has 2 aromatic heterocycles. The molecule has 0 saturated heterocycles. The van der Waals surface area contributed by atoms with Crippen LogP contribution in [0.15, 0.2) is 48.9 Å². The number of rotatable bonds is 9. The van der Waals surface area contributed by atoms with E-state index >= 15 is 0 Å². The smallest absolute Gasteiger partial charge is 0.251 e. The van der Waals surface area contributed by atoms with Crippen LogP contribution in [0.5, 0.6) is 5.75 Å². The van der Waals surface area contributed by atoms with Crippen molar-refractivity contribution in [2.24, 2.45) is 5.92 Å². The van der Waals surface area contributed by atoms with Crippen molar-refractivity contribution in [1.82, 2.24) is 20.3 Å². The lowest BCUT2D eigenvalue weighted by Gasteiger charge is -2.16. The van der Waals surface area contributed by atoms with Crippen LogP contribution in [0.3, 0.4) is 0 Å². The quantitative estimate of drug-likeness (QED) is 0.534. The summed E-state index contributed by atoms with van der Waals surface area (Å²) in [6.07, 6.45) is 4.18. The lowest BCUT2D eigenvalue weighted by atomic mass is 9.98. The topological polar surface area (TPSA) is 92.3 Å². The molecule has 8 heteroatoms. The van der Waals surface area contributed by atoms with E-state index in [1.165, 1.54) is 0 Å². The molecule has 8 nitrogen and oxygen atoms in total. The van der Waals surface area contributed by atoms with Gasteiger partial charge in [0.15, 0.2) is 0 Å². The third kappa shape index (κ3) is 5.72. The highest BCUT2D eigenvalue weighted by Crippen LogP contribution is 2.24. The van der Waals surface area contributed by atoms with E-state index < -0.39 is 0 Å². The van der Waals surface area contributed by atoms with Crippen molar-refractivity contribution in [3.63, 3.8) is 0 Å². The first-order valence-corrected chi connectivity index (χ1v) is 10.5. The van der Waals surface area contributed by atoms with Crippen molar-refractivity contribution < 1.29 is 9.53 Å². The Labute approximate surface area is 189 Å². The van der Waals surface area contributed by atoms with Crippen LogP contribution in [0.2, 0.25) is 0 Å². The fraction of sp³-hybridized carbons (Fsp3) is 0.333. The van der Waals surface area contributed by atoms with Crippen molar-refractivity contribution >= 4 is 17.5 Å². The Morgan fingerprint density at radius 1 is 1.12 bits per heavy atom. The van der Waals surface area contributed by atoms with Gasteiger partial charge in [-0.3, -0.25) is 4.79 Å². The fourth-order valence-electron chi connectivity index (χ4n) is 3.34. The van der Waals surface area contributed by atoms with Gasteiger partial charge in [0, 0.05) is 51.1 Å². The third-order valence-electron chi connectivity index (χ3n) is 5.15. The second kappa shape index (κ2) is 10.6. The first-order chi connectivity index (χ1) is 15.4. The van der Waals surface area contributed by atoms with Crippen LogP contribution in [0.4, 0.5) is 11.6 Å². The molecule has 2 heterocycles. The molecule has 0 aliphatic carbocycles. The summed E-state index contributed by atoms with van der Waals surface area (Å²) in [4.78, 5) is 27.0. The van der Waals surface area contributed by atoms with Gasteiger partial charge in [-0.25, -0.2) is 15.0 Å². The van der Waals surface area contributed by atoms with E-state index in [9.17, 15) is 4.79 Å². The summed E-state index contributed by atoms with van der Waals surface area (Å²) in [7, 11) is 7.16. The molecule has 1 amide bonds. The summed E-state index contributed by atoms with van der Waals surface area (Å²) in [5, 5.41) is 6.03. The molecule has 1 atom stereocenters. The van der Waals surface area contributed by atoms with Crippen molar-refractivity contribution in [3.8, 4) is 17.0 Å². The summed E-state index contributed by atoms with van der Waals surface area (Å²) in [6, 6.07) is 11.5. The normalized spacial score (nSPS) is 11.5. The Bertz CT molecular complexity index is 1050. The first-order valence-electron chi connectivity index (χ1n) is 10.5. The number of pyridine rings is 1. The highest BCUT2D eigenvalue weighted by molar-refractivity contribution is 5.94. The van der Waals surface area contributed by atoms with Crippen LogP contribution in [0, 0.1) is 5.92 Å². The van der Waals surface area contributed by atoms with E-state index in [4.69, 9.17) is 4.74 Å². The van der Waals surface area contributed by atoms with Crippen LogP contribution in [0.1, 0.15) is 22.8 Å². The van der Waals surface area contributed by atoms with Crippen molar-refractivity contribution in [2.75, 3.05) is 45.0 Å². The zero-order valence-electron chi connectivity index (χ0n) is 19.2. The van der Waals surface area contributed by atoms with E-state index in [-0.39, 0.29) is 5.91 Å². The lowest BCUT2D eigenvalue weighted by Crippen LogP contribution is -2.18. The Balaban J connectivity index is 1.63. The van der Waals surface area contributed by atoms with Gasteiger partial charge in [0.2, 0.25) is 0 Å². The van der Waals surface area contributed by atoms with E-state index in [2.05, 4.69) is 32.5 Å². The molecule has 3 aromatic rings. The molecule has 3 rings (SSSR count). The number of ether oxygens (including phenoxy) is 1. The SMILES string of the molecule is CNC(=O)c1ccc(CC(C)CNc2cc(-c3ccc(N(C)C)nc3)ncn2)c(OC)c1. The second-order valence-corrected chi connectivity index (χ2v) is 7.88. The molecule has 2 N–H and O–H groups in total. The minimum atomic E-state index is -0.129. The third-order valence-corrected chi connectivity index (χ3v) is 5.15. The number of nitrogens with zero attached hydrogens (tertiary/aromatic N) is 4. The van der Waals surface area contributed by atoms with Crippen molar-refractivity contribution in [3.05, 3.63) is 60.0 Å². The summed E-state index contributed by atoms with van der Waals surface area (Å²) in [5.74, 6) is 2.56. The molecule has 0 radical (unpaired) electrons. The number of methoxy groups -OCH3 is 1. The van der Waals surface area contributed by atoms with Gasteiger partial charge in [-0.15, -0.1) is 0 Å². The second-order valence-electron chi connectivity index (χ2n) is 7.88. The first kappa shape index (κ1) is 23.0. The molecular weight excluding hydrogens is 404 g/mol. The van der Waals surface area contributed by atoms with E-state index in [1.54, 1.807) is 26.6 Å². The van der Waals surface area contributed by atoms with Crippen LogP contribution < -0.4 is 20.3 Å². The molecule has 32 heavy (non-hydrogen) atoms. The summed E-state index contributed by atoms with van der Waals surface area (Å²) >= 11 is 0. The Hall–Kier alpha value is -3.68. The summed E-state index contributed by atoms with van der Waals surface area (Å²) in [5.41, 5.74) is 3.40. The molecule has 1 aromatic carbocycles. The Morgan fingerprint density at radius 3 is 2.59 bits per heavy atom. The minimum Gasteiger partial charge on any atom is -0.496 e. The maximum absolute atomic E-state index is 11.9. The van der Waals surface area contributed by atoms with Gasteiger partial charge in [0.25, 0.3) is 5.91 Å². The maximum atomic E-state index is 11.9. The predicted octanol–water partition coefficient (Wildman–Crippen LogP) is 3.26. The number of amides is 1. The molecule has 0 aliphatic heterocycles. The number of hydrogen-bond donors (Lipinski definition) is 2. The lowest BCUT2D eigenvalue weighted by molar-refractivity contribution is 0.0962. The summed E-state index contributed by atoms with van der Waals surface area (Å²) in [6.45, 7) is 2.89. The molecule has 0 fully saturated rings. The molecule has 0 spiro atoms. The zero-order valence-corrected chi connectivity index (χ0v) is 19.2. The average molecular weight is 435 g/mol. The Morgan fingerprint density at radius 2 is 1.94 bits per heavy atom. The van der Waals surface area contributed by atoms with E-state index in [1.807, 2.05) is 55.5 Å².